The Bertz CT molecular complexity index is 538. The topological polar surface area (TPSA) is 3.24 Å². The summed E-state index contributed by atoms with van der Waals surface area (Å²) in [4.78, 5) is 2.30. The maximum atomic E-state index is 13.5. The van der Waals surface area contributed by atoms with E-state index in [2.05, 4.69) is 17.7 Å². The van der Waals surface area contributed by atoms with E-state index in [0.29, 0.717) is 6.04 Å². The second kappa shape index (κ2) is 3.46. The molecule has 1 aliphatic carbocycles. The Hall–Kier alpha value is -1.57. The third-order valence-electron chi connectivity index (χ3n) is 3.60. The summed E-state index contributed by atoms with van der Waals surface area (Å²) in [5.41, 5.74) is 5.17. The fraction of sp³-hybridized carbons (Fsp3) is 0.333. The van der Waals surface area contributed by atoms with Crippen molar-refractivity contribution in [1.29, 1.82) is 0 Å². The fourth-order valence-corrected chi connectivity index (χ4v) is 2.51. The number of benzene rings is 1. The van der Waals surface area contributed by atoms with Gasteiger partial charge in [0, 0.05) is 17.8 Å². The van der Waals surface area contributed by atoms with Crippen molar-refractivity contribution >= 4 is 11.3 Å². The number of fused-ring (bicyclic) bond motifs is 1. The summed E-state index contributed by atoms with van der Waals surface area (Å²) < 4.78 is 13.5. The highest BCUT2D eigenvalue weighted by Gasteiger charge is 2.33. The van der Waals surface area contributed by atoms with Gasteiger partial charge in [-0.2, -0.15) is 0 Å². The minimum absolute atomic E-state index is 0.173. The van der Waals surface area contributed by atoms with Crippen LogP contribution < -0.4 is 4.90 Å². The van der Waals surface area contributed by atoms with Crippen LogP contribution in [0.3, 0.4) is 0 Å². The van der Waals surface area contributed by atoms with E-state index in [9.17, 15) is 4.39 Å². The fourth-order valence-electron chi connectivity index (χ4n) is 2.51. The SMILES string of the molecule is C=C1C(C)=CN(C2CC2)c2c(C)cc(F)cc21. The highest BCUT2D eigenvalue weighted by atomic mass is 19.1. The minimum atomic E-state index is -0.173. The molecule has 1 aromatic rings. The summed E-state index contributed by atoms with van der Waals surface area (Å²) in [5.74, 6) is -0.173. The quantitative estimate of drug-likeness (QED) is 0.702. The summed E-state index contributed by atoms with van der Waals surface area (Å²) in [6, 6.07) is 3.81. The van der Waals surface area contributed by atoms with Crippen molar-refractivity contribution in [3.05, 3.63) is 47.4 Å². The van der Waals surface area contributed by atoms with Gasteiger partial charge in [-0.05, 0) is 55.5 Å². The molecule has 1 aliphatic heterocycles. The lowest BCUT2D eigenvalue weighted by molar-refractivity contribution is 0.625. The van der Waals surface area contributed by atoms with Crippen molar-refractivity contribution in [3.8, 4) is 0 Å². The van der Waals surface area contributed by atoms with Crippen LogP contribution in [0.4, 0.5) is 10.1 Å². The number of anilines is 1. The first-order chi connectivity index (χ1) is 8.08. The first-order valence-corrected chi connectivity index (χ1v) is 6.04. The Morgan fingerprint density at radius 2 is 2.00 bits per heavy atom. The zero-order valence-electron chi connectivity index (χ0n) is 10.3. The molecule has 1 heterocycles. The lowest BCUT2D eigenvalue weighted by atomic mass is 9.93. The largest absolute Gasteiger partial charge is 0.344 e. The van der Waals surface area contributed by atoms with Crippen LogP contribution in [0.5, 0.6) is 0 Å². The monoisotopic (exact) mass is 229 g/mol. The van der Waals surface area contributed by atoms with Crippen molar-refractivity contribution in [3.63, 3.8) is 0 Å². The van der Waals surface area contributed by atoms with E-state index in [1.54, 1.807) is 12.1 Å². The maximum absolute atomic E-state index is 13.5. The molecule has 1 fully saturated rings. The summed E-state index contributed by atoms with van der Waals surface area (Å²) in [6.45, 7) is 8.09. The van der Waals surface area contributed by atoms with E-state index in [-0.39, 0.29) is 5.82 Å². The van der Waals surface area contributed by atoms with Gasteiger partial charge in [0.2, 0.25) is 0 Å². The molecule has 0 unspecified atom stereocenters. The second-order valence-electron chi connectivity index (χ2n) is 5.05. The van der Waals surface area contributed by atoms with Crippen LogP contribution in [0.15, 0.2) is 30.5 Å². The van der Waals surface area contributed by atoms with E-state index in [1.807, 2.05) is 13.8 Å². The van der Waals surface area contributed by atoms with Crippen LogP contribution in [0, 0.1) is 12.7 Å². The normalized spacial score (nSPS) is 19.1. The molecule has 0 N–H and O–H groups in total. The van der Waals surface area contributed by atoms with Crippen LogP contribution >= 0.6 is 0 Å². The predicted octanol–water partition coefficient (Wildman–Crippen LogP) is 4.03. The number of hydrogen-bond acceptors (Lipinski definition) is 1. The van der Waals surface area contributed by atoms with Crippen LogP contribution in [0.1, 0.15) is 30.9 Å². The Labute approximate surface area is 101 Å². The molecule has 1 aromatic carbocycles. The van der Waals surface area contributed by atoms with Crippen molar-refractivity contribution in [2.45, 2.75) is 32.7 Å². The molecule has 0 spiro atoms. The highest BCUT2D eigenvalue weighted by molar-refractivity contribution is 5.89. The summed E-state index contributed by atoms with van der Waals surface area (Å²) in [6.07, 6.45) is 4.62. The van der Waals surface area contributed by atoms with Gasteiger partial charge in [-0.3, -0.25) is 0 Å². The average molecular weight is 229 g/mol. The Kier molecular flexibility index (Phi) is 2.15. The number of halogens is 1. The Balaban J connectivity index is 2.22. The van der Waals surface area contributed by atoms with Crippen molar-refractivity contribution < 1.29 is 4.39 Å². The molecule has 2 heteroatoms. The lowest BCUT2D eigenvalue weighted by Gasteiger charge is -2.31. The van der Waals surface area contributed by atoms with Gasteiger partial charge in [0.1, 0.15) is 5.82 Å². The Morgan fingerprint density at radius 3 is 2.65 bits per heavy atom. The smallest absolute Gasteiger partial charge is 0.124 e. The molecule has 1 saturated carbocycles. The average Bonchev–Trinajstić information content (AvgIpc) is 3.07. The summed E-state index contributed by atoms with van der Waals surface area (Å²) in [7, 11) is 0. The molecule has 0 saturated heterocycles. The third-order valence-corrected chi connectivity index (χ3v) is 3.60. The number of aryl methyl sites for hydroxylation is 1. The zero-order valence-corrected chi connectivity index (χ0v) is 10.3. The molecule has 0 aromatic heterocycles. The van der Waals surface area contributed by atoms with E-state index >= 15 is 0 Å². The number of rotatable bonds is 1. The van der Waals surface area contributed by atoms with Gasteiger partial charge in [0.25, 0.3) is 0 Å². The van der Waals surface area contributed by atoms with Gasteiger partial charge in [0.15, 0.2) is 0 Å². The zero-order chi connectivity index (χ0) is 12.2. The van der Waals surface area contributed by atoms with Crippen LogP contribution in [-0.2, 0) is 0 Å². The van der Waals surface area contributed by atoms with E-state index in [1.165, 1.54) is 12.8 Å². The van der Waals surface area contributed by atoms with Gasteiger partial charge in [0.05, 0.1) is 5.69 Å². The predicted molar refractivity (Wildman–Crippen MR) is 69.4 cm³/mol. The summed E-state index contributed by atoms with van der Waals surface area (Å²) >= 11 is 0. The van der Waals surface area contributed by atoms with E-state index in [4.69, 9.17) is 0 Å². The van der Waals surface area contributed by atoms with Crippen LogP contribution in [0.2, 0.25) is 0 Å². The second-order valence-corrected chi connectivity index (χ2v) is 5.05. The molecular formula is C15H16FN. The highest BCUT2D eigenvalue weighted by Crippen LogP contribution is 2.43. The summed E-state index contributed by atoms with van der Waals surface area (Å²) in [5, 5.41) is 0. The molecule has 0 radical (unpaired) electrons. The first kappa shape index (κ1) is 10.6. The van der Waals surface area contributed by atoms with Crippen LogP contribution in [0.25, 0.3) is 5.57 Å². The van der Waals surface area contributed by atoms with Crippen molar-refractivity contribution in [2.75, 3.05) is 4.90 Å². The number of hydrogen-bond donors (Lipinski definition) is 0. The van der Waals surface area contributed by atoms with Crippen LogP contribution in [-0.4, -0.2) is 6.04 Å². The molecule has 0 atom stereocenters. The van der Waals surface area contributed by atoms with Gasteiger partial charge >= 0.3 is 0 Å². The van der Waals surface area contributed by atoms with E-state index in [0.717, 1.165) is 28.0 Å². The van der Waals surface area contributed by atoms with Crippen molar-refractivity contribution in [1.82, 2.24) is 0 Å². The van der Waals surface area contributed by atoms with Gasteiger partial charge in [-0.25, -0.2) is 4.39 Å². The van der Waals surface area contributed by atoms with Gasteiger partial charge in [-0.15, -0.1) is 0 Å². The Morgan fingerprint density at radius 1 is 1.29 bits per heavy atom. The molecule has 2 aliphatic rings. The van der Waals surface area contributed by atoms with Crippen molar-refractivity contribution in [2.24, 2.45) is 0 Å². The molecule has 1 nitrogen and oxygen atoms in total. The standard InChI is InChI=1S/C15H16FN/c1-9-6-12(16)7-14-11(3)10(2)8-17(15(9)14)13-4-5-13/h6-8,13H,3-5H2,1-2H3. The van der Waals surface area contributed by atoms with Gasteiger partial charge < -0.3 is 4.90 Å². The molecule has 3 rings (SSSR count). The van der Waals surface area contributed by atoms with Gasteiger partial charge in [-0.1, -0.05) is 6.58 Å². The third kappa shape index (κ3) is 1.59. The number of allylic oxidation sites excluding steroid dienone is 2. The lowest BCUT2D eigenvalue weighted by Crippen LogP contribution is -2.24. The minimum Gasteiger partial charge on any atom is -0.344 e. The number of nitrogens with zero attached hydrogens (tertiary/aromatic N) is 1. The first-order valence-electron chi connectivity index (χ1n) is 6.04. The maximum Gasteiger partial charge on any atom is 0.124 e. The molecule has 17 heavy (non-hydrogen) atoms. The molecule has 0 amide bonds. The van der Waals surface area contributed by atoms with E-state index < -0.39 is 0 Å². The molecule has 88 valence electrons. The molecular weight excluding hydrogens is 213 g/mol. The molecule has 0 bridgehead atoms.